The first kappa shape index (κ1) is 6.54. The van der Waals surface area contributed by atoms with Gasteiger partial charge in [-0.05, 0) is 6.92 Å². The molecule has 0 spiro atoms. The lowest BCUT2D eigenvalue weighted by atomic mass is 10.6. The zero-order valence-corrected chi connectivity index (χ0v) is 6.76. The van der Waals surface area contributed by atoms with Crippen molar-refractivity contribution in [2.24, 2.45) is 0 Å². The smallest absolute Gasteiger partial charge is 0.255 e. The predicted octanol–water partition coefficient (Wildman–Crippen LogP) is 2.11. The number of hydrogen-bond donors (Lipinski definition) is 0. The fourth-order valence-electron chi connectivity index (χ4n) is 0.781. The number of aryl methyl sites for hydroxylation is 1. The van der Waals surface area contributed by atoms with E-state index >= 15 is 0 Å². The van der Waals surface area contributed by atoms with Crippen molar-refractivity contribution in [1.82, 2.24) is 9.97 Å². The Hall–Kier alpha value is -1.16. The highest BCUT2D eigenvalue weighted by atomic mass is 32.1. The third-order valence-corrected chi connectivity index (χ3v) is 2.00. The van der Waals surface area contributed by atoms with Crippen molar-refractivity contribution in [2.75, 3.05) is 0 Å². The van der Waals surface area contributed by atoms with Crippen LogP contribution in [0.15, 0.2) is 22.3 Å². The normalized spacial score (nSPS) is 10.3. The number of nitrogens with zero attached hydrogens (tertiary/aromatic N) is 2. The summed E-state index contributed by atoms with van der Waals surface area (Å²) in [5.74, 6) is 0.609. The van der Waals surface area contributed by atoms with Crippen molar-refractivity contribution in [3.05, 3.63) is 23.5 Å². The van der Waals surface area contributed by atoms with Crippen LogP contribution in [0, 0.1) is 6.92 Å². The molecule has 0 amide bonds. The molecule has 0 saturated carbocycles. The lowest BCUT2D eigenvalue weighted by molar-refractivity contribution is 0.573. The second kappa shape index (κ2) is 2.47. The second-order valence-corrected chi connectivity index (χ2v) is 3.03. The van der Waals surface area contributed by atoms with E-state index in [1.165, 1.54) is 11.3 Å². The summed E-state index contributed by atoms with van der Waals surface area (Å²) in [4.78, 5) is 8.20. The molecule has 11 heavy (non-hydrogen) atoms. The standard InChI is InChI=1S/C7H6N2OS/c1-5-4-10-6(9-5)7-8-2-3-11-7/h2-4H,1H3. The topological polar surface area (TPSA) is 38.9 Å². The minimum Gasteiger partial charge on any atom is -0.442 e. The highest BCUT2D eigenvalue weighted by Gasteiger charge is 2.05. The molecule has 0 fully saturated rings. The van der Waals surface area contributed by atoms with Gasteiger partial charge >= 0.3 is 0 Å². The van der Waals surface area contributed by atoms with Crippen LogP contribution in [-0.4, -0.2) is 9.97 Å². The first-order valence-corrected chi connectivity index (χ1v) is 4.06. The van der Waals surface area contributed by atoms with Crippen molar-refractivity contribution in [3.63, 3.8) is 0 Å². The Morgan fingerprint density at radius 1 is 1.55 bits per heavy atom. The van der Waals surface area contributed by atoms with Crippen LogP contribution in [0.1, 0.15) is 5.69 Å². The molecule has 0 aliphatic rings. The average molecular weight is 166 g/mol. The van der Waals surface area contributed by atoms with E-state index in [1.54, 1.807) is 12.5 Å². The van der Waals surface area contributed by atoms with E-state index < -0.39 is 0 Å². The van der Waals surface area contributed by atoms with E-state index in [0.717, 1.165) is 10.7 Å². The molecule has 2 heterocycles. The maximum Gasteiger partial charge on any atom is 0.255 e. The first-order chi connectivity index (χ1) is 5.36. The molecule has 2 rings (SSSR count). The summed E-state index contributed by atoms with van der Waals surface area (Å²) in [6, 6.07) is 0. The molecule has 56 valence electrons. The Morgan fingerprint density at radius 3 is 3.00 bits per heavy atom. The van der Waals surface area contributed by atoms with Crippen molar-refractivity contribution >= 4 is 11.3 Å². The maximum atomic E-state index is 5.15. The van der Waals surface area contributed by atoms with Crippen molar-refractivity contribution in [2.45, 2.75) is 6.92 Å². The maximum absolute atomic E-state index is 5.15. The number of hydrogen-bond acceptors (Lipinski definition) is 4. The highest BCUT2D eigenvalue weighted by molar-refractivity contribution is 7.12. The van der Waals surface area contributed by atoms with Crippen LogP contribution in [0.4, 0.5) is 0 Å². The molecule has 0 aromatic carbocycles. The number of aromatic nitrogens is 2. The van der Waals surface area contributed by atoms with Crippen LogP contribution in [0.2, 0.25) is 0 Å². The summed E-state index contributed by atoms with van der Waals surface area (Å²) < 4.78 is 5.15. The van der Waals surface area contributed by atoms with Gasteiger partial charge in [0.15, 0.2) is 5.01 Å². The molecule has 0 aliphatic heterocycles. The van der Waals surface area contributed by atoms with Gasteiger partial charge in [-0.25, -0.2) is 9.97 Å². The molecule has 2 aromatic heterocycles. The van der Waals surface area contributed by atoms with Gasteiger partial charge in [-0.15, -0.1) is 11.3 Å². The van der Waals surface area contributed by atoms with Gasteiger partial charge in [0.05, 0.1) is 5.69 Å². The van der Waals surface area contributed by atoms with E-state index in [9.17, 15) is 0 Å². The van der Waals surface area contributed by atoms with Gasteiger partial charge in [-0.1, -0.05) is 0 Å². The monoisotopic (exact) mass is 166 g/mol. The van der Waals surface area contributed by atoms with Crippen LogP contribution >= 0.6 is 11.3 Å². The molecular weight excluding hydrogens is 160 g/mol. The fraction of sp³-hybridized carbons (Fsp3) is 0.143. The molecule has 0 aliphatic carbocycles. The van der Waals surface area contributed by atoms with Crippen molar-refractivity contribution in [3.8, 4) is 10.9 Å². The van der Waals surface area contributed by atoms with Crippen molar-refractivity contribution < 1.29 is 4.42 Å². The van der Waals surface area contributed by atoms with Gasteiger partial charge < -0.3 is 4.42 Å². The predicted molar refractivity (Wildman–Crippen MR) is 42.3 cm³/mol. The minimum absolute atomic E-state index is 0.609. The Kier molecular flexibility index (Phi) is 1.47. The Bertz CT molecular complexity index is 339. The molecule has 0 N–H and O–H groups in total. The van der Waals surface area contributed by atoms with E-state index in [1.807, 2.05) is 12.3 Å². The molecule has 0 unspecified atom stereocenters. The summed E-state index contributed by atoms with van der Waals surface area (Å²) in [6.07, 6.45) is 3.36. The van der Waals surface area contributed by atoms with Gasteiger partial charge in [-0.2, -0.15) is 0 Å². The zero-order valence-electron chi connectivity index (χ0n) is 5.94. The Balaban J connectivity index is 2.45. The van der Waals surface area contributed by atoms with E-state index in [0.29, 0.717) is 5.89 Å². The minimum atomic E-state index is 0.609. The molecule has 0 saturated heterocycles. The van der Waals surface area contributed by atoms with Gasteiger partial charge in [0.2, 0.25) is 0 Å². The molecule has 4 heteroatoms. The SMILES string of the molecule is Cc1coc(-c2nccs2)n1. The van der Waals surface area contributed by atoms with E-state index in [-0.39, 0.29) is 0 Å². The van der Waals surface area contributed by atoms with Gasteiger partial charge in [0.1, 0.15) is 6.26 Å². The summed E-state index contributed by atoms with van der Waals surface area (Å²) >= 11 is 1.52. The average Bonchev–Trinajstić information content (AvgIpc) is 2.55. The summed E-state index contributed by atoms with van der Waals surface area (Å²) in [5, 5.41) is 2.73. The number of oxazole rings is 1. The van der Waals surface area contributed by atoms with E-state index in [2.05, 4.69) is 9.97 Å². The third-order valence-electron chi connectivity index (χ3n) is 1.23. The highest BCUT2D eigenvalue weighted by Crippen LogP contribution is 2.19. The zero-order chi connectivity index (χ0) is 7.68. The van der Waals surface area contributed by atoms with Gasteiger partial charge in [-0.3, -0.25) is 0 Å². The quantitative estimate of drug-likeness (QED) is 0.651. The van der Waals surface area contributed by atoms with Gasteiger partial charge in [0.25, 0.3) is 5.89 Å². The number of thiazole rings is 1. The van der Waals surface area contributed by atoms with Gasteiger partial charge in [0, 0.05) is 11.6 Å². The Morgan fingerprint density at radius 2 is 2.45 bits per heavy atom. The summed E-state index contributed by atoms with van der Waals surface area (Å²) in [6.45, 7) is 1.89. The molecule has 0 radical (unpaired) electrons. The summed E-state index contributed by atoms with van der Waals surface area (Å²) in [7, 11) is 0. The molecule has 0 atom stereocenters. The fourth-order valence-corrected chi connectivity index (χ4v) is 1.35. The summed E-state index contributed by atoms with van der Waals surface area (Å²) in [5.41, 5.74) is 0.884. The van der Waals surface area contributed by atoms with Crippen LogP contribution in [0.3, 0.4) is 0 Å². The van der Waals surface area contributed by atoms with Crippen LogP contribution < -0.4 is 0 Å². The lowest BCUT2D eigenvalue weighted by Crippen LogP contribution is -1.74. The van der Waals surface area contributed by atoms with Crippen molar-refractivity contribution in [1.29, 1.82) is 0 Å². The third kappa shape index (κ3) is 1.17. The molecule has 3 nitrogen and oxygen atoms in total. The lowest BCUT2D eigenvalue weighted by Gasteiger charge is -1.82. The molecule has 2 aromatic rings. The Labute approximate surface area is 67.7 Å². The molecule has 0 bridgehead atoms. The first-order valence-electron chi connectivity index (χ1n) is 3.18. The van der Waals surface area contributed by atoms with Crippen LogP contribution in [-0.2, 0) is 0 Å². The van der Waals surface area contributed by atoms with Crippen LogP contribution in [0.25, 0.3) is 10.9 Å². The number of rotatable bonds is 1. The second-order valence-electron chi connectivity index (χ2n) is 2.13. The molecular formula is C7H6N2OS. The largest absolute Gasteiger partial charge is 0.442 e. The van der Waals surface area contributed by atoms with Crippen LogP contribution in [0.5, 0.6) is 0 Å². The van der Waals surface area contributed by atoms with E-state index in [4.69, 9.17) is 4.42 Å².